The Bertz CT molecular complexity index is 2610. The fourth-order valence-electron chi connectivity index (χ4n) is 5.89. The number of aromatic nitrogens is 3. The van der Waals surface area contributed by atoms with E-state index in [9.17, 15) is 0 Å². The van der Waals surface area contributed by atoms with Crippen molar-refractivity contribution in [3.05, 3.63) is 112 Å². The smallest absolute Gasteiger partial charge is 0.216 e. The Hall–Kier alpha value is -3.66. The molecule has 6 aromatic rings. The quantitative estimate of drug-likeness (QED) is 0.166. The van der Waals surface area contributed by atoms with Gasteiger partial charge >= 0.3 is 0 Å². The summed E-state index contributed by atoms with van der Waals surface area (Å²) in [5.41, 5.74) is 2.06. The Labute approximate surface area is 318 Å². The zero-order valence-electron chi connectivity index (χ0n) is 41.4. The van der Waals surface area contributed by atoms with E-state index in [1.807, 2.05) is 73.6 Å². The normalized spacial score (nSPS) is 18.9. The van der Waals surface area contributed by atoms with E-state index < -0.39 is 49.5 Å². The number of pyridine rings is 3. The third-order valence-corrected chi connectivity index (χ3v) is 7.93. The van der Waals surface area contributed by atoms with Gasteiger partial charge in [-0.1, -0.05) is 78.6 Å². The summed E-state index contributed by atoms with van der Waals surface area (Å²) in [6, 6.07) is 19.9. The van der Waals surface area contributed by atoms with E-state index in [1.165, 1.54) is 12.3 Å². The fourth-order valence-corrected chi connectivity index (χ4v) is 5.89. The molecular weight excluding hydrogens is 767 g/mol. The standard InChI is InChI=1S/C22H19N2O.C21H28N.Ir/c1-11-8-17(23-10-12(11)2)14-6-7-15-18-19-16(22(15,4)5)9-13(3)24-21(19)25-20(14)18;1-20(2,3)13-17-12-19(16-10-8-7-9-11-16)22-15-18(17)14-21(4,5)6;/h7-10H,1-5H3;7-10,12,15H,13-14H2,1-6H3;/q2*-1;/i1D3,2D3,3D3;13D2,14D2;. The number of hydrogen-bond donors (Lipinski definition) is 0. The second kappa shape index (κ2) is 13.0. The second-order valence-electron chi connectivity index (χ2n) is 14.5. The molecule has 4 aromatic heterocycles. The molecule has 4 nitrogen and oxygen atoms in total. The summed E-state index contributed by atoms with van der Waals surface area (Å²) >= 11 is 0. The minimum absolute atomic E-state index is 0. The average molecular weight is 827 g/mol. The van der Waals surface area contributed by atoms with Crippen LogP contribution < -0.4 is 0 Å². The third kappa shape index (κ3) is 7.05. The van der Waals surface area contributed by atoms with Gasteiger partial charge in [-0.2, -0.15) is 0 Å². The largest absolute Gasteiger partial charge is 0.486 e. The Morgan fingerprint density at radius 2 is 1.54 bits per heavy atom. The van der Waals surface area contributed by atoms with Gasteiger partial charge < -0.3 is 14.4 Å². The van der Waals surface area contributed by atoms with Gasteiger partial charge in [-0.15, -0.1) is 53.6 Å². The van der Waals surface area contributed by atoms with Gasteiger partial charge in [-0.3, -0.25) is 0 Å². The molecule has 0 amide bonds. The molecule has 0 atom stereocenters. The van der Waals surface area contributed by atoms with Crippen molar-refractivity contribution in [3.63, 3.8) is 0 Å². The Kier molecular flexibility index (Phi) is 5.99. The topological polar surface area (TPSA) is 51.8 Å². The van der Waals surface area contributed by atoms with Gasteiger partial charge in [-0.25, -0.2) is 4.98 Å². The first kappa shape index (κ1) is 22.1. The average Bonchev–Trinajstić information content (AvgIpc) is 3.62. The van der Waals surface area contributed by atoms with Crippen molar-refractivity contribution in [2.45, 2.75) is 94.1 Å². The number of rotatable bonds is 4. The van der Waals surface area contributed by atoms with Crippen LogP contribution in [0, 0.1) is 43.5 Å². The molecule has 0 spiro atoms. The summed E-state index contributed by atoms with van der Waals surface area (Å²) in [7, 11) is 0. The molecule has 0 unspecified atom stereocenters. The van der Waals surface area contributed by atoms with Crippen molar-refractivity contribution in [1.82, 2.24) is 15.0 Å². The van der Waals surface area contributed by atoms with E-state index in [0.29, 0.717) is 33.4 Å². The molecule has 2 aromatic carbocycles. The monoisotopic (exact) mass is 827 g/mol. The molecule has 0 saturated carbocycles. The van der Waals surface area contributed by atoms with Crippen LogP contribution in [0.5, 0.6) is 0 Å². The van der Waals surface area contributed by atoms with Crippen LogP contribution in [-0.4, -0.2) is 15.0 Å². The fraction of sp³-hybridized carbons (Fsp3) is 0.372. The zero-order chi connectivity index (χ0) is 45.0. The maximum atomic E-state index is 8.77. The molecule has 1 radical (unpaired) electrons. The Balaban J connectivity index is 0.000000236. The van der Waals surface area contributed by atoms with Crippen LogP contribution >= 0.6 is 0 Å². The summed E-state index contributed by atoms with van der Waals surface area (Å²) in [6.45, 7) is 7.17. The van der Waals surface area contributed by atoms with Gasteiger partial charge in [0.25, 0.3) is 0 Å². The molecule has 251 valence electrons. The molecule has 0 fully saturated rings. The van der Waals surface area contributed by atoms with Crippen molar-refractivity contribution in [2.75, 3.05) is 0 Å². The van der Waals surface area contributed by atoms with Crippen LogP contribution in [0.3, 0.4) is 0 Å². The summed E-state index contributed by atoms with van der Waals surface area (Å²) in [6.07, 6.45) is -0.902. The van der Waals surface area contributed by atoms with E-state index in [-0.39, 0.29) is 48.3 Å². The molecule has 48 heavy (non-hydrogen) atoms. The first-order valence-corrected chi connectivity index (χ1v) is 15.5. The molecule has 1 aliphatic rings. The van der Waals surface area contributed by atoms with Gasteiger partial charge in [0, 0.05) is 61.4 Å². The van der Waals surface area contributed by atoms with Crippen LogP contribution in [0.15, 0.2) is 65.3 Å². The molecule has 0 aliphatic heterocycles. The number of nitrogens with zero attached hydrogens (tertiary/aromatic N) is 3. The number of benzene rings is 2. The number of hydrogen-bond acceptors (Lipinski definition) is 4. The molecular formula is C43H47IrN3O-2. The van der Waals surface area contributed by atoms with Crippen molar-refractivity contribution in [3.8, 4) is 22.5 Å². The predicted octanol–water partition coefficient (Wildman–Crippen LogP) is 11.1. The van der Waals surface area contributed by atoms with Crippen LogP contribution in [0.4, 0.5) is 0 Å². The summed E-state index contributed by atoms with van der Waals surface area (Å²) < 4.78 is 111. The van der Waals surface area contributed by atoms with Crippen LogP contribution in [0.25, 0.3) is 44.6 Å². The second-order valence-corrected chi connectivity index (χ2v) is 14.5. The molecule has 5 heteroatoms. The van der Waals surface area contributed by atoms with Gasteiger partial charge in [0.2, 0.25) is 5.71 Å². The van der Waals surface area contributed by atoms with Gasteiger partial charge in [-0.05, 0) is 94.6 Å². The summed E-state index contributed by atoms with van der Waals surface area (Å²) in [5.74, 6) is 0. The van der Waals surface area contributed by atoms with Crippen molar-refractivity contribution < 1.29 is 42.3 Å². The first-order chi connectivity index (χ1) is 27.2. The van der Waals surface area contributed by atoms with Gasteiger partial charge in [0.1, 0.15) is 0 Å². The van der Waals surface area contributed by atoms with Crippen LogP contribution in [0.2, 0.25) is 0 Å². The molecule has 7 rings (SSSR count). The van der Waals surface area contributed by atoms with Crippen molar-refractivity contribution in [2.24, 2.45) is 10.8 Å². The molecule has 4 heterocycles. The molecule has 0 saturated heterocycles. The van der Waals surface area contributed by atoms with Crippen molar-refractivity contribution in [1.29, 1.82) is 0 Å². The van der Waals surface area contributed by atoms with E-state index in [0.717, 1.165) is 28.3 Å². The van der Waals surface area contributed by atoms with Crippen molar-refractivity contribution >= 4 is 22.1 Å². The third-order valence-electron chi connectivity index (χ3n) is 7.93. The van der Waals surface area contributed by atoms with Gasteiger partial charge in [0.05, 0.1) is 5.58 Å². The maximum absolute atomic E-state index is 8.77. The minimum atomic E-state index is -2.67. The number of furan rings is 1. The Morgan fingerprint density at radius 3 is 2.21 bits per heavy atom. The van der Waals surface area contributed by atoms with Crippen LogP contribution in [0.1, 0.15) is 112 Å². The van der Waals surface area contributed by atoms with Gasteiger partial charge in [0.15, 0.2) is 0 Å². The van der Waals surface area contributed by atoms with E-state index in [2.05, 4.69) is 27.1 Å². The molecule has 1 aliphatic carbocycles. The summed E-state index contributed by atoms with van der Waals surface area (Å²) in [5, 5.41) is 1.44. The maximum Gasteiger partial charge on any atom is 0.216 e. The minimum Gasteiger partial charge on any atom is -0.486 e. The Morgan fingerprint density at radius 1 is 0.812 bits per heavy atom. The first-order valence-electron chi connectivity index (χ1n) is 22.0. The summed E-state index contributed by atoms with van der Waals surface area (Å²) in [4.78, 5) is 12.9. The molecule has 0 N–H and O–H groups in total. The predicted molar refractivity (Wildman–Crippen MR) is 195 cm³/mol. The molecule has 0 bridgehead atoms. The van der Waals surface area contributed by atoms with Crippen LogP contribution in [-0.2, 0) is 38.3 Å². The SMILES string of the molecule is [2H]C([2H])([2H])c1cc2c3c(n1)oc1c(-c4cc(C([2H])([2H])[2H])c(C([2H])([2H])[2H])cn4)[c-]cc(c13)C2(C)C.[2H]C([2H])(c1cnc(-c2[c-]cccc2)cc1C([2H])([2H])C(C)(C)C)C(C)(C)C.[Ir]. The van der Waals surface area contributed by atoms with E-state index in [4.69, 9.17) is 22.2 Å². The van der Waals surface area contributed by atoms with E-state index >= 15 is 0 Å². The van der Waals surface area contributed by atoms with E-state index in [1.54, 1.807) is 24.3 Å². The number of aryl methyl sites for hydroxylation is 3. The zero-order valence-corrected chi connectivity index (χ0v) is 30.8.